The second-order valence-corrected chi connectivity index (χ2v) is 8.46. The van der Waals surface area contributed by atoms with E-state index in [2.05, 4.69) is 25.8 Å². The molecule has 7 nitrogen and oxygen atoms in total. The second-order valence-electron chi connectivity index (χ2n) is 5.89. The predicted octanol–water partition coefficient (Wildman–Crippen LogP) is 3.41. The van der Waals surface area contributed by atoms with Crippen molar-refractivity contribution >= 4 is 31.6 Å². The monoisotopic (exact) mass is 463 g/mol. The Kier molecular flexibility index (Phi) is 5.85. The first-order chi connectivity index (χ1) is 13.3. The van der Waals surface area contributed by atoms with E-state index >= 15 is 0 Å². The van der Waals surface area contributed by atoms with Crippen molar-refractivity contribution in [3.8, 4) is 17.0 Å². The highest BCUT2D eigenvalue weighted by atomic mass is 79.9. The molecule has 0 aliphatic rings. The van der Waals surface area contributed by atoms with Gasteiger partial charge in [-0.15, -0.1) is 0 Å². The van der Waals surface area contributed by atoms with Crippen LogP contribution in [0.2, 0.25) is 0 Å². The van der Waals surface area contributed by atoms with Crippen LogP contribution in [-0.2, 0) is 17.1 Å². The second kappa shape index (κ2) is 8.15. The van der Waals surface area contributed by atoms with Crippen molar-refractivity contribution in [3.63, 3.8) is 0 Å². The minimum absolute atomic E-state index is 0.0364. The van der Waals surface area contributed by atoms with E-state index in [0.717, 1.165) is 0 Å². The maximum Gasteiger partial charge on any atom is 0.266 e. The van der Waals surface area contributed by atoms with Gasteiger partial charge in [-0.05, 0) is 43.3 Å². The smallest absolute Gasteiger partial charge is 0.266 e. The van der Waals surface area contributed by atoms with Crippen molar-refractivity contribution in [3.05, 3.63) is 69.4 Å². The number of anilines is 1. The van der Waals surface area contributed by atoms with Gasteiger partial charge in [0.2, 0.25) is 0 Å². The third kappa shape index (κ3) is 4.42. The summed E-state index contributed by atoms with van der Waals surface area (Å²) in [6.07, 6.45) is 0. The lowest BCUT2D eigenvalue weighted by molar-refractivity contribution is 0.331. The highest BCUT2D eigenvalue weighted by Gasteiger charge is 2.20. The fourth-order valence-electron chi connectivity index (χ4n) is 2.58. The van der Waals surface area contributed by atoms with E-state index in [1.165, 1.54) is 16.8 Å². The molecule has 0 fully saturated rings. The van der Waals surface area contributed by atoms with Crippen molar-refractivity contribution in [2.45, 2.75) is 11.8 Å². The number of hydrogen-bond donors (Lipinski definition) is 1. The van der Waals surface area contributed by atoms with Crippen molar-refractivity contribution in [2.75, 3.05) is 11.3 Å². The van der Waals surface area contributed by atoms with Crippen LogP contribution in [0, 0.1) is 0 Å². The number of aryl methyl sites for hydroxylation is 1. The molecule has 1 N–H and O–H groups in total. The summed E-state index contributed by atoms with van der Waals surface area (Å²) in [7, 11) is -2.33. The van der Waals surface area contributed by atoms with Gasteiger partial charge in [0.1, 0.15) is 10.6 Å². The number of aromatic nitrogens is 2. The summed E-state index contributed by atoms with van der Waals surface area (Å²) in [4.78, 5) is 11.6. The standard InChI is InChI=1S/C19H18BrN3O4S/c1-3-27-17-9-7-14(20)12-18(17)28(25,26)22-15-6-4-5-13(11-15)16-8-10-19(24)23(2)21-16/h4-12,22H,3H2,1-2H3. The van der Waals surface area contributed by atoms with Crippen LogP contribution >= 0.6 is 15.9 Å². The first-order valence-electron chi connectivity index (χ1n) is 8.40. The topological polar surface area (TPSA) is 90.3 Å². The van der Waals surface area contributed by atoms with Crippen molar-refractivity contribution in [1.29, 1.82) is 0 Å². The van der Waals surface area contributed by atoms with Gasteiger partial charge in [0.05, 0.1) is 12.3 Å². The number of nitrogens with zero attached hydrogens (tertiary/aromatic N) is 2. The van der Waals surface area contributed by atoms with Crippen LogP contribution in [0.1, 0.15) is 6.92 Å². The summed E-state index contributed by atoms with van der Waals surface area (Å²) in [5, 5.41) is 4.19. The van der Waals surface area contributed by atoms with Crippen molar-refractivity contribution in [1.82, 2.24) is 9.78 Å². The minimum atomic E-state index is -3.88. The summed E-state index contributed by atoms with van der Waals surface area (Å²) >= 11 is 3.30. The van der Waals surface area contributed by atoms with Crippen molar-refractivity contribution in [2.24, 2.45) is 7.05 Å². The molecular formula is C19H18BrN3O4S. The van der Waals surface area contributed by atoms with Gasteiger partial charge in [-0.2, -0.15) is 5.10 Å². The number of hydrogen-bond acceptors (Lipinski definition) is 5. The molecule has 0 atom stereocenters. The number of nitrogens with one attached hydrogen (secondary N) is 1. The van der Waals surface area contributed by atoms with Crippen LogP contribution in [0.25, 0.3) is 11.3 Å². The van der Waals surface area contributed by atoms with Gasteiger partial charge in [0.25, 0.3) is 15.6 Å². The van der Waals surface area contributed by atoms with E-state index in [-0.39, 0.29) is 16.2 Å². The zero-order chi connectivity index (χ0) is 20.3. The number of benzene rings is 2. The van der Waals surface area contributed by atoms with Crippen LogP contribution in [0.5, 0.6) is 5.75 Å². The van der Waals surface area contributed by atoms with Gasteiger partial charge >= 0.3 is 0 Å². The SMILES string of the molecule is CCOc1ccc(Br)cc1S(=O)(=O)Nc1cccc(-c2ccc(=O)n(C)n2)c1. The molecule has 28 heavy (non-hydrogen) atoms. The molecule has 3 rings (SSSR count). The molecule has 1 aromatic heterocycles. The molecule has 146 valence electrons. The molecule has 0 saturated carbocycles. The van der Waals surface area contributed by atoms with E-state index in [4.69, 9.17) is 4.74 Å². The minimum Gasteiger partial charge on any atom is -0.492 e. The van der Waals surface area contributed by atoms with Crippen LogP contribution in [0.4, 0.5) is 5.69 Å². The lowest BCUT2D eigenvalue weighted by Crippen LogP contribution is -2.18. The van der Waals surface area contributed by atoms with Gasteiger partial charge < -0.3 is 4.74 Å². The lowest BCUT2D eigenvalue weighted by Gasteiger charge is -2.13. The third-order valence-electron chi connectivity index (χ3n) is 3.87. The Morgan fingerprint density at radius 3 is 2.64 bits per heavy atom. The molecule has 0 spiro atoms. The van der Waals surface area contributed by atoms with E-state index in [1.54, 1.807) is 56.4 Å². The zero-order valence-electron chi connectivity index (χ0n) is 15.2. The Hall–Kier alpha value is -2.65. The lowest BCUT2D eigenvalue weighted by atomic mass is 10.1. The maximum atomic E-state index is 12.9. The van der Waals surface area contributed by atoms with E-state index < -0.39 is 10.0 Å². The Morgan fingerprint density at radius 2 is 1.93 bits per heavy atom. The molecule has 1 heterocycles. The van der Waals surface area contributed by atoms with E-state index in [1.807, 2.05) is 0 Å². The predicted molar refractivity (Wildman–Crippen MR) is 111 cm³/mol. The van der Waals surface area contributed by atoms with Gasteiger partial charge in [-0.25, -0.2) is 13.1 Å². The Bertz CT molecular complexity index is 1180. The highest BCUT2D eigenvalue weighted by molar-refractivity contribution is 9.10. The maximum absolute atomic E-state index is 12.9. The molecule has 0 unspecified atom stereocenters. The third-order valence-corrected chi connectivity index (χ3v) is 5.76. The molecule has 0 aliphatic heterocycles. The average Bonchev–Trinajstić information content (AvgIpc) is 2.65. The van der Waals surface area contributed by atoms with Gasteiger partial charge in [0.15, 0.2) is 0 Å². The first-order valence-corrected chi connectivity index (χ1v) is 10.7. The Labute approximate surface area is 171 Å². The number of halogens is 1. The molecule has 9 heteroatoms. The number of rotatable bonds is 6. The van der Waals surface area contributed by atoms with Gasteiger partial charge in [-0.1, -0.05) is 28.1 Å². The Balaban J connectivity index is 1.97. The van der Waals surface area contributed by atoms with Gasteiger partial charge in [0, 0.05) is 28.8 Å². The summed E-state index contributed by atoms with van der Waals surface area (Å²) in [5.74, 6) is 0.272. The van der Waals surface area contributed by atoms with Crippen LogP contribution in [0.15, 0.2) is 68.8 Å². The summed E-state index contributed by atoms with van der Waals surface area (Å²) in [6.45, 7) is 2.13. The molecule has 0 aliphatic carbocycles. The average molecular weight is 464 g/mol. The Morgan fingerprint density at radius 1 is 1.14 bits per heavy atom. The number of ether oxygens (including phenoxy) is 1. The zero-order valence-corrected chi connectivity index (χ0v) is 17.6. The fourth-order valence-corrected chi connectivity index (χ4v) is 4.31. The van der Waals surface area contributed by atoms with E-state index in [0.29, 0.717) is 28.0 Å². The normalized spacial score (nSPS) is 11.2. The van der Waals surface area contributed by atoms with Crippen LogP contribution in [-0.4, -0.2) is 24.8 Å². The molecular weight excluding hydrogens is 446 g/mol. The van der Waals surface area contributed by atoms with Crippen LogP contribution < -0.4 is 15.0 Å². The molecule has 2 aromatic carbocycles. The van der Waals surface area contributed by atoms with Crippen LogP contribution in [0.3, 0.4) is 0 Å². The van der Waals surface area contributed by atoms with E-state index in [9.17, 15) is 13.2 Å². The quantitative estimate of drug-likeness (QED) is 0.604. The summed E-state index contributed by atoms with van der Waals surface area (Å²) < 4.78 is 35.7. The molecule has 3 aromatic rings. The highest BCUT2D eigenvalue weighted by Crippen LogP contribution is 2.30. The molecule has 0 bridgehead atoms. The first kappa shape index (κ1) is 20.1. The fraction of sp³-hybridized carbons (Fsp3) is 0.158. The summed E-state index contributed by atoms with van der Waals surface area (Å²) in [5.41, 5.74) is 1.38. The molecule has 0 radical (unpaired) electrons. The molecule has 0 saturated heterocycles. The molecule has 0 amide bonds. The van der Waals surface area contributed by atoms with Gasteiger partial charge in [-0.3, -0.25) is 9.52 Å². The summed E-state index contributed by atoms with van der Waals surface area (Å²) in [6, 6.07) is 14.6. The largest absolute Gasteiger partial charge is 0.492 e. The van der Waals surface area contributed by atoms with Crippen molar-refractivity contribution < 1.29 is 13.2 Å². The number of sulfonamides is 1.